The summed E-state index contributed by atoms with van der Waals surface area (Å²) in [4.78, 5) is 11.8. The van der Waals surface area contributed by atoms with Crippen molar-refractivity contribution < 1.29 is 9.53 Å². The van der Waals surface area contributed by atoms with Gasteiger partial charge in [0.25, 0.3) is 0 Å². The van der Waals surface area contributed by atoms with Gasteiger partial charge < -0.3 is 10.1 Å². The van der Waals surface area contributed by atoms with Gasteiger partial charge >= 0.3 is 0 Å². The highest BCUT2D eigenvalue weighted by molar-refractivity contribution is 6.30. The van der Waals surface area contributed by atoms with E-state index >= 15 is 0 Å². The molecule has 1 N–H and O–H groups in total. The fourth-order valence-corrected chi connectivity index (χ4v) is 2.26. The Kier molecular flexibility index (Phi) is 6.88. The smallest absolute Gasteiger partial charge is 0.244 e. The van der Waals surface area contributed by atoms with Crippen molar-refractivity contribution in [3.63, 3.8) is 0 Å². The van der Waals surface area contributed by atoms with E-state index in [0.717, 1.165) is 17.5 Å². The zero-order valence-electron chi connectivity index (χ0n) is 13.0. The molecular formula is C19H17ClN2O2. The number of carbonyl (C=O) groups is 1. The Labute approximate surface area is 146 Å². The van der Waals surface area contributed by atoms with Crippen LogP contribution in [0.2, 0.25) is 5.02 Å². The summed E-state index contributed by atoms with van der Waals surface area (Å²) in [5.41, 5.74) is 1.96. The number of benzene rings is 2. The normalized spacial score (nSPS) is 10.3. The van der Waals surface area contributed by atoms with Crippen LogP contribution in [0.25, 0.3) is 6.08 Å². The van der Waals surface area contributed by atoms with Crippen molar-refractivity contribution in [3.05, 3.63) is 70.8 Å². The summed E-state index contributed by atoms with van der Waals surface area (Å²) in [5.74, 6) is 0.474. The number of rotatable bonds is 7. The number of nitrogens with zero attached hydrogens (tertiary/aromatic N) is 1. The molecule has 4 nitrogen and oxygen atoms in total. The summed E-state index contributed by atoms with van der Waals surface area (Å²) in [6, 6.07) is 16.6. The number of hydrogen-bond donors (Lipinski definition) is 1. The number of hydrogen-bond acceptors (Lipinski definition) is 3. The van der Waals surface area contributed by atoms with Crippen LogP contribution in [0.4, 0.5) is 0 Å². The van der Waals surface area contributed by atoms with Crippen LogP contribution in [0.1, 0.15) is 11.1 Å². The van der Waals surface area contributed by atoms with Crippen LogP contribution in [-0.2, 0) is 11.2 Å². The van der Waals surface area contributed by atoms with Gasteiger partial charge in [0.1, 0.15) is 11.8 Å². The molecule has 24 heavy (non-hydrogen) atoms. The third-order valence-electron chi connectivity index (χ3n) is 3.21. The van der Waals surface area contributed by atoms with Gasteiger partial charge in [-0.1, -0.05) is 35.9 Å². The first-order valence-corrected chi connectivity index (χ1v) is 7.85. The molecule has 0 fully saturated rings. The lowest BCUT2D eigenvalue weighted by Crippen LogP contribution is -2.23. The Morgan fingerprint density at radius 1 is 1.25 bits per heavy atom. The standard InChI is InChI=1S/C19H17ClN2O2/c20-17-3-1-2-16(14-17)10-12-22-19(23)9-6-15-4-7-18(8-5-15)24-13-11-21/h1-9,14H,10,12-13H2,(H,22,23)/b9-6+. The van der Waals surface area contributed by atoms with Gasteiger partial charge in [-0.15, -0.1) is 0 Å². The monoisotopic (exact) mass is 340 g/mol. The maximum absolute atomic E-state index is 11.8. The molecule has 0 aromatic heterocycles. The maximum atomic E-state index is 11.8. The van der Waals surface area contributed by atoms with Crippen LogP contribution in [0.3, 0.4) is 0 Å². The van der Waals surface area contributed by atoms with Crippen molar-refractivity contribution in [2.75, 3.05) is 13.2 Å². The van der Waals surface area contributed by atoms with Crippen LogP contribution in [0.15, 0.2) is 54.6 Å². The van der Waals surface area contributed by atoms with Gasteiger partial charge in [0.15, 0.2) is 6.61 Å². The fraction of sp³-hybridized carbons (Fsp3) is 0.158. The molecule has 0 bridgehead atoms. The third kappa shape index (κ3) is 6.15. The highest BCUT2D eigenvalue weighted by Gasteiger charge is 1.98. The van der Waals surface area contributed by atoms with Crippen molar-refractivity contribution in [3.8, 4) is 11.8 Å². The van der Waals surface area contributed by atoms with Crippen molar-refractivity contribution in [1.29, 1.82) is 5.26 Å². The van der Waals surface area contributed by atoms with Crippen LogP contribution in [0.5, 0.6) is 5.75 Å². The molecule has 122 valence electrons. The number of nitrogens with one attached hydrogen (secondary N) is 1. The lowest BCUT2D eigenvalue weighted by atomic mass is 10.1. The van der Waals surface area contributed by atoms with Gasteiger partial charge in [0.05, 0.1) is 0 Å². The van der Waals surface area contributed by atoms with Crippen molar-refractivity contribution in [2.45, 2.75) is 6.42 Å². The molecular weight excluding hydrogens is 324 g/mol. The van der Waals surface area contributed by atoms with E-state index in [4.69, 9.17) is 21.6 Å². The SMILES string of the molecule is N#CCOc1ccc(/C=C/C(=O)NCCc2cccc(Cl)c2)cc1. The van der Waals surface area contributed by atoms with Gasteiger partial charge in [-0.25, -0.2) is 0 Å². The quantitative estimate of drug-likeness (QED) is 0.783. The van der Waals surface area contributed by atoms with E-state index in [-0.39, 0.29) is 12.5 Å². The average Bonchev–Trinajstić information content (AvgIpc) is 2.59. The van der Waals surface area contributed by atoms with Gasteiger partial charge in [0.2, 0.25) is 5.91 Å². The third-order valence-corrected chi connectivity index (χ3v) is 3.45. The van der Waals surface area contributed by atoms with Gasteiger partial charge in [-0.05, 0) is 47.9 Å². The lowest BCUT2D eigenvalue weighted by molar-refractivity contribution is -0.116. The maximum Gasteiger partial charge on any atom is 0.244 e. The molecule has 2 aromatic carbocycles. The summed E-state index contributed by atoms with van der Waals surface area (Å²) >= 11 is 5.92. The van der Waals surface area contributed by atoms with E-state index < -0.39 is 0 Å². The molecule has 0 radical (unpaired) electrons. The highest BCUT2D eigenvalue weighted by atomic mass is 35.5. The Hall–Kier alpha value is -2.77. The van der Waals surface area contributed by atoms with E-state index in [9.17, 15) is 4.79 Å². The number of nitriles is 1. The van der Waals surface area contributed by atoms with Crippen LogP contribution in [0, 0.1) is 11.3 Å². The predicted octanol–water partition coefficient (Wildman–Crippen LogP) is 3.61. The molecule has 0 atom stereocenters. The van der Waals surface area contributed by atoms with E-state index in [1.807, 2.05) is 42.5 Å². The second-order valence-electron chi connectivity index (χ2n) is 5.02. The zero-order valence-corrected chi connectivity index (χ0v) is 13.8. The van der Waals surface area contributed by atoms with Gasteiger partial charge in [-0.3, -0.25) is 4.79 Å². The molecule has 0 aliphatic heterocycles. The molecule has 0 saturated carbocycles. The molecule has 2 rings (SSSR count). The summed E-state index contributed by atoms with van der Waals surface area (Å²) in [6.45, 7) is 0.564. The summed E-state index contributed by atoms with van der Waals surface area (Å²) in [5, 5.41) is 12.0. The minimum Gasteiger partial charge on any atom is -0.479 e. The zero-order chi connectivity index (χ0) is 17.2. The Morgan fingerprint density at radius 2 is 2.04 bits per heavy atom. The van der Waals surface area contributed by atoms with Gasteiger partial charge in [-0.2, -0.15) is 5.26 Å². The second kappa shape index (κ2) is 9.39. The summed E-state index contributed by atoms with van der Waals surface area (Å²) in [6.07, 6.45) is 3.94. The van der Waals surface area contributed by atoms with Crippen molar-refractivity contribution in [1.82, 2.24) is 5.32 Å². The molecule has 1 amide bonds. The molecule has 0 unspecified atom stereocenters. The first kappa shape index (κ1) is 17.6. The van der Waals surface area contributed by atoms with Crippen molar-refractivity contribution in [2.24, 2.45) is 0 Å². The molecule has 5 heteroatoms. The van der Waals surface area contributed by atoms with E-state index in [2.05, 4.69) is 5.32 Å². The van der Waals surface area contributed by atoms with Crippen LogP contribution < -0.4 is 10.1 Å². The molecule has 2 aromatic rings. The Bertz CT molecular complexity index is 749. The number of amides is 1. The molecule has 0 aliphatic carbocycles. The minimum atomic E-state index is -0.151. The van der Waals surface area contributed by atoms with Crippen LogP contribution in [-0.4, -0.2) is 19.1 Å². The lowest BCUT2D eigenvalue weighted by Gasteiger charge is -2.03. The largest absolute Gasteiger partial charge is 0.479 e. The number of halogens is 1. The molecule has 0 saturated heterocycles. The first-order valence-electron chi connectivity index (χ1n) is 7.47. The van der Waals surface area contributed by atoms with Crippen LogP contribution >= 0.6 is 11.6 Å². The number of ether oxygens (including phenoxy) is 1. The van der Waals surface area contributed by atoms with E-state index in [0.29, 0.717) is 17.3 Å². The molecule has 0 heterocycles. The summed E-state index contributed by atoms with van der Waals surface area (Å²) < 4.78 is 5.17. The minimum absolute atomic E-state index is 0.0181. The van der Waals surface area contributed by atoms with Gasteiger partial charge in [0, 0.05) is 17.6 Å². The average molecular weight is 341 g/mol. The first-order chi connectivity index (χ1) is 11.7. The van der Waals surface area contributed by atoms with Crippen molar-refractivity contribution >= 4 is 23.6 Å². The molecule has 0 aliphatic rings. The fourth-order valence-electron chi connectivity index (χ4n) is 2.04. The topological polar surface area (TPSA) is 62.1 Å². The van der Waals surface area contributed by atoms with E-state index in [1.165, 1.54) is 6.08 Å². The second-order valence-corrected chi connectivity index (χ2v) is 5.46. The Morgan fingerprint density at radius 3 is 2.75 bits per heavy atom. The predicted molar refractivity (Wildman–Crippen MR) is 94.7 cm³/mol. The molecule has 0 spiro atoms. The van der Waals surface area contributed by atoms with E-state index in [1.54, 1.807) is 18.2 Å². The summed E-state index contributed by atoms with van der Waals surface area (Å²) in [7, 11) is 0. The Balaban J connectivity index is 1.77. The number of carbonyl (C=O) groups excluding carboxylic acids is 1. The highest BCUT2D eigenvalue weighted by Crippen LogP contribution is 2.13.